The van der Waals surface area contributed by atoms with Gasteiger partial charge in [-0.3, -0.25) is 10.2 Å². The first-order chi connectivity index (χ1) is 15.4. The maximum absolute atomic E-state index is 11.7. The number of hydrogen-bond donors (Lipinski definition) is 2. The summed E-state index contributed by atoms with van der Waals surface area (Å²) in [6.45, 7) is 6.41. The number of nitrogens with zero attached hydrogens (tertiary/aromatic N) is 2. The Morgan fingerprint density at radius 1 is 1.16 bits per heavy atom. The minimum atomic E-state index is -0.265. The second-order valence-corrected chi connectivity index (χ2v) is 8.90. The molecule has 0 unspecified atom stereocenters. The van der Waals surface area contributed by atoms with E-state index < -0.39 is 0 Å². The molecule has 6 nitrogen and oxygen atoms in total. The summed E-state index contributed by atoms with van der Waals surface area (Å²) >= 11 is 1.48. The van der Waals surface area contributed by atoms with Gasteiger partial charge in [0, 0.05) is 16.1 Å². The first-order valence-electron chi connectivity index (χ1n) is 10.4. The molecule has 2 heterocycles. The zero-order chi connectivity index (χ0) is 22.8. The molecule has 0 spiro atoms. The summed E-state index contributed by atoms with van der Waals surface area (Å²) in [4.78, 5) is 19.2. The minimum absolute atomic E-state index is 0.134. The standard InChI is InChI=1S/C25H25N3O3S/c1-4-31-21(30)13-17-7-11-19(12-8-17)28-14-20(29)22(24(28)26)25-27-23(16(3)32-25)18-9-5-15(2)6-10-18/h5-12,26,29H,4,13-14H2,1-3H3. The number of hydrogen-bond acceptors (Lipinski definition) is 6. The molecule has 1 aromatic heterocycles. The maximum atomic E-state index is 11.7. The smallest absolute Gasteiger partial charge is 0.310 e. The lowest BCUT2D eigenvalue weighted by Gasteiger charge is -2.19. The number of anilines is 1. The Hall–Kier alpha value is -3.45. The molecule has 32 heavy (non-hydrogen) atoms. The van der Waals surface area contributed by atoms with Gasteiger partial charge in [0.25, 0.3) is 0 Å². The van der Waals surface area contributed by atoms with E-state index in [9.17, 15) is 9.90 Å². The van der Waals surface area contributed by atoms with Crippen molar-refractivity contribution in [2.45, 2.75) is 27.2 Å². The normalized spacial score (nSPS) is 13.7. The van der Waals surface area contributed by atoms with Crippen molar-refractivity contribution in [1.29, 1.82) is 5.41 Å². The van der Waals surface area contributed by atoms with Gasteiger partial charge in [0.05, 0.1) is 30.8 Å². The summed E-state index contributed by atoms with van der Waals surface area (Å²) in [6, 6.07) is 15.6. The van der Waals surface area contributed by atoms with E-state index in [1.54, 1.807) is 11.8 Å². The summed E-state index contributed by atoms with van der Waals surface area (Å²) in [7, 11) is 0. The van der Waals surface area contributed by atoms with Crippen LogP contribution >= 0.6 is 11.3 Å². The number of thiazole rings is 1. The van der Waals surface area contributed by atoms with Crippen LogP contribution in [0.25, 0.3) is 16.8 Å². The number of ether oxygens (including phenoxy) is 1. The lowest BCUT2D eigenvalue weighted by atomic mass is 10.1. The average molecular weight is 448 g/mol. The lowest BCUT2D eigenvalue weighted by Crippen LogP contribution is -2.26. The van der Waals surface area contributed by atoms with Crippen LogP contribution in [-0.2, 0) is 16.0 Å². The number of carbonyl (C=O) groups excluding carboxylic acids is 1. The Morgan fingerprint density at radius 2 is 1.84 bits per heavy atom. The predicted octanol–water partition coefficient (Wildman–Crippen LogP) is 5.30. The third-order valence-corrected chi connectivity index (χ3v) is 6.33. The fraction of sp³-hybridized carbons (Fsp3) is 0.240. The first kappa shape index (κ1) is 21.8. The number of aromatic nitrogens is 1. The molecule has 3 aromatic rings. The van der Waals surface area contributed by atoms with Crippen LogP contribution in [0.5, 0.6) is 0 Å². The van der Waals surface area contributed by atoms with Gasteiger partial charge in [-0.05, 0) is 38.5 Å². The van der Waals surface area contributed by atoms with Gasteiger partial charge in [-0.2, -0.15) is 0 Å². The van der Waals surface area contributed by atoms with Gasteiger partial charge in [0.1, 0.15) is 16.6 Å². The Kier molecular flexibility index (Phi) is 6.10. The summed E-state index contributed by atoms with van der Waals surface area (Å²) in [5.41, 5.74) is 5.16. The summed E-state index contributed by atoms with van der Waals surface area (Å²) in [5.74, 6) is 0.0824. The summed E-state index contributed by atoms with van der Waals surface area (Å²) < 4.78 is 4.99. The highest BCUT2D eigenvalue weighted by molar-refractivity contribution is 7.13. The molecule has 0 radical (unpaired) electrons. The number of amidine groups is 1. The van der Waals surface area contributed by atoms with Crippen molar-refractivity contribution < 1.29 is 14.6 Å². The van der Waals surface area contributed by atoms with Crippen LogP contribution in [0.2, 0.25) is 0 Å². The molecule has 7 heteroatoms. The highest BCUT2D eigenvalue weighted by Gasteiger charge is 2.31. The van der Waals surface area contributed by atoms with Crippen molar-refractivity contribution in [3.63, 3.8) is 0 Å². The van der Waals surface area contributed by atoms with E-state index in [4.69, 9.17) is 15.1 Å². The van der Waals surface area contributed by atoms with E-state index >= 15 is 0 Å². The Bertz CT molecular complexity index is 1190. The number of benzene rings is 2. The number of carbonyl (C=O) groups is 1. The fourth-order valence-electron chi connectivity index (χ4n) is 3.68. The minimum Gasteiger partial charge on any atom is -0.510 e. The van der Waals surface area contributed by atoms with E-state index in [0.717, 1.165) is 27.4 Å². The zero-order valence-electron chi connectivity index (χ0n) is 18.3. The SMILES string of the molecule is CCOC(=O)Cc1ccc(N2CC(O)=C(c3nc(-c4ccc(C)cc4)c(C)s3)C2=N)cc1. The van der Waals surface area contributed by atoms with Crippen molar-refractivity contribution in [2.24, 2.45) is 0 Å². The lowest BCUT2D eigenvalue weighted by molar-refractivity contribution is -0.142. The van der Waals surface area contributed by atoms with Gasteiger partial charge in [0.2, 0.25) is 0 Å². The second-order valence-electron chi connectivity index (χ2n) is 7.69. The molecule has 1 aliphatic heterocycles. The Balaban J connectivity index is 1.55. The van der Waals surface area contributed by atoms with Crippen molar-refractivity contribution in [1.82, 2.24) is 4.98 Å². The van der Waals surface area contributed by atoms with Crippen LogP contribution in [0.3, 0.4) is 0 Å². The molecular formula is C25H25N3O3S. The number of esters is 1. The second kappa shape index (κ2) is 8.96. The van der Waals surface area contributed by atoms with Crippen LogP contribution < -0.4 is 4.90 Å². The third kappa shape index (κ3) is 4.29. The van der Waals surface area contributed by atoms with Crippen LogP contribution in [0, 0.1) is 19.3 Å². The molecule has 0 saturated carbocycles. The molecule has 0 saturated heterocycles. The molecule has 2 aromatic carbocycles. The fourth-order valence-corrected chi connectivity index (χ4v) is 4.68. The predicted molar refractivity (Wildman–Crippen MR) is 128 cm³/mol. The molecule has 2 N–H and O–H groups in total. The van der Waals surface area contributed by atoms with E-state index in [0.29, 0.717) is 17.2 Å². The number of aliphatic hydroxyl groups excluding tert-OH is 1. The molecule has 0 bridgehead atoms. The highest BCUT2D eigenvalue weighted by atomic mass is 32.1. The van der Waals surface area contributed by atoms with E-state index in [1.165, 1.54) is 16.9 Å². The van der Waals surface area contributed by atoms with E-state index in [-0.39, 0.29) is 30.5 Å². The van der Waals surface area contributed by atoms with Crippen LogP contribution in [-0.4, -0.2) is 35.0 Å². The van der Waals surface area contributed by atoms with Gasteiger partial charge in [-0.15, -0.1) is 11.3 Å². The molecule has 164 valence electrons. The summed E-state index contributed by atoms with van der Waals surface area (Å²) in [6.07, 6.45) is 0.209. The first-order valence-corrected chi connectivity index (χ1v) is 11.3. The molecule has 1 aliphatic rings. The molecule has 0 amide bonds. The quantitative estimate of drug-likeness (QED) is 0.501. The molecular weight excluding hydrogens is 422 g/mol. The topological polar surface area (TPSA) is 86.5 Å². The highest BCUT2D eigenvalue weighted by Crippen LogP contribution is 2.36. The van der Waals surface area contributed by atoms with Gasteiger partial charge in [0.15, 0.2) is 0 Å². The number of nitrogens with one attached hydrogen (secondary N) is 1. The van der Waals surface area contributed by atoms with Gasteiger partial charge in [-0.25, -0.2) is 4.98 Å². The summed E-state index contributed by atoms with van der Waals surface area (Å²) in [5, 5.41) is 20.0. The third-order valence-electron chi connectivity index (χ3n) is 5.34. The van der Waals surface area contributed by atoms with Crippen LogP contribution in [0.15, 0.2) is 54.3 Å². The van der Waals surface area contributed by atoms with Gasteiger partial charge < -0.3 is 14.7 Å². The maximum Gasteiger partial charge on any atom is 0.310 e. The number of aryl methyl sites for hydroxylation is 2. The Morgan fingerprint density at radius 3 is 2.50 bits per heavy atom. The molecule has 0 aliphatic carbocycles. The van der Waals surface area contributed by atoms with Crippen LogP contribution in [0.1, 0.15) is 27.9 Å². The van der Waals surface area contributed by atoms with Crippen molar-refractivity contribution in [2.75, 3.05) is 18.1 Å². The van der Waals surface area contributed by atoms with Crippen LogP contribution in [0.4, 0.5) is 5.69 Å². The number of rotatable bonds is 6. The molecule has 4 rings (SSSR count). The average Bonchev–Trinajstić information content (AvgIpc) is 3.28. The van der Waals surface area contributed by atoms with Gasteiger partial charge >= 0.3 is 5.97 Å². The van der Waals surface area contributed by atoms with E-state index in [1.807, 2.05) is 50.2 Å². The Labute approximate surface area is 191 Å². The monoisotopic (exact) mass is 447 g/mol. The zero-order valence-corrected chi connectivity index (χ0v) is 19.1. The van der Waals surface area contributed by atoms with Crippen molar-refractivity contribution in [3.05, 3.63) is 75.3 Å². The number of aliphatic hydroxyl groups is 1. The van der Waals surface area contributed by atoms with Crippen molar-refractivity contribution in [3.8, 4) is 11.3 Å². The van der Waals surface area contributed by atoms with E-state index in [2.05, 4.69) is 12.1 Å². The van der Waals surface area contributed by atoms with Gasteiger partial charge in [-0.1, -0.05) is 42.0 Å². The van der Waals surface area contributed by atoms with Crippen molar-refractivity contribution >= 4 is 34.4 Å². The molecule has 0 fully saturated rings. The largest absolute Gasteiger partial charge is 0.510 e. The molecule has 0 atom stereocenters.